The third-order valence-electron chi connectivity index (χ3n) is 3.66. The number of benzene rings is 1. The normalized spacial score (nSPS) is 11.6. The molecule has 0 aliphatic heterocycles. The third-order valence-corrected chi connectivity index (χ3v) is 4.67. The van der Waals surface area contributed by atoms with Gasteiger partial charge in [0.15, 0.2) is 5.96 Å². The molecule has 25 heavy (non-hydrogen) atoms. The van der Waals surface area contributed by atoms with Gasteiger partial charge < -0.3 is 20.3 Å². The van der Waals surface area contributed by atoms with E-state index in [1.807, 2.05) is 32.3 Å². The second-order valence-corrected chi connectivity index (χ2v) is 7.42. The molecule has 0 fully saturated rings. The van der Waals surface area contributed by atoms with Crippen molar-refractivity contribution in [2.24, 2.45) is 4.99 Å². The maximum absolute atomic E-state index is 5.91. The molecule has 2 rings (SSSR count). The molecule has 1 heterocycles. The van der Waals surface area contributed by atoms with Crippen molar-refractivity contribution in [3.63, 3.8) is 0 Å². The lowest BCUT2D eigenvalue weighted by atomic mass is 10.2. The van der Waals surface area contributed by atoms with Crippen molar-refractivity contribution in [3.05, 3.63) is 51.7 Å². The van der Waals surface area contributed by atoms with Gasteiger partial charge in [0.1, 0.15) is 12.4 Å². The van der Waals surface area contributed by atoms with Crippen LogP contribution >= 0.6 is 11.3 Å². The van der Waals surface area contributed by atoms with Gasteiger partial charge in [0.2, 0.25) is 0 Å². The molecule has 5 nitrogen and oxygen atoms in total. The Morgan fingerprint density at radius 2 is 1.88 bits per heavy atom. The minimum Gasteiger partial charge on any atom is -0.492 e. The van der Waals surface area contributed by atoms with Crippen molar-refractivity contribution < 1.29 is 4.74 Å². The standard InChI is InChI=1S/C19H28N4OS/c1-15-9-10-17(25-15)14-22-19(20-2)21-13-16-7-5-6-8-18(16)24-12-11-23(3)4/h5-10H,11-14H2,1-4H3,(H2,20,21,22). The summed E-state index contributed by atoms with van der Waals surface area (Å²) in [5, 5.41) is 6.70. The Labute approximate surface area is 154 Å². The van der Waals surface area contributed by atoms with Gasteiger partial charge in [-0.15, -0.1) is 11.3 Å². The maximum atomic E-state index is 5.91. The molecule has 0 saturated heterocycles. The summed E-state index contributed by atoms with van der Waals surface area (Å²) in [5.41, 5.74) is 1.12. The Balaban J connectivity index is 1.86. The van der Waals surface area contributed by atoms with Gasteiger partial charge in [0, 0.05) is 35.5 Å². The molecule has 0 unspecified atom stereocenters. The first-order valence-corrected chi connectivity index (χ1v) is 9.25. The highest BCUT2D eigenvalue weighted by atomic mass is 32.1. The summed E-state index contributed by atoms with van der Waals surface area (Å²) in [6.45, 7) is 5.13. The van der Waals surface area contributed by atoms with Gasteiger partial charge >= 0.3 is 0 Å². The number of rotatable bonds is 8. The van der Waals surface area contributed by atoms with Gasteiger partial charge in [-0.3, -0.25) is 4.99 Å². The van der Waals surface area contributed by atoms with Crippen LogP contribution in [0.1, 0.15) is 15.3 Å². The zero-order valence-electron chi connectivity index (χ0n) is 15.5. The number of aliphatic imine (C=N–C) groups is 1. The minimum atomic E-state index is 0.668. The Kier molecular flexibility index (Phi) is 7.76. The summed E-state index contributed by atoms with van der Waals surface area (Å²) >= 11 is 1.80. The highest BCUT2D eigenvalue weighted by Crippen LogP contribution is 2.18. The van der Waals surface area contributed by atoms with Crippen LogP contribution in [0.15, 0.2) is 41.4 Å². The van der Waals surface area contributed by atoms with Gasteiger partial charge in [-0.2, -0.15) is 0 Å². The molecular formula is C19H28N4OS. The molecular weight excluding hydrogens is 332 g/mol. The zero-order valence-corrected chi connectivity index (χ0v) is 16.3. The highest BCUT2D eigenvalue weighted by molar-refractivity contribution is 7.11. The molecule has 1 aromatic carbocycles. The van der Waals surface area contributed by atoms with Crippen molar-refractivity contribution in [1.29, 1.82) is 0 Å². The molecule has 0 radical (unpaired) electrons. The van der Waals surface area contributed by atoms with Crippen LogP contribution < -0.4 is 15.4 Å². The van der Waals surface area contributed by atoms with Gasteiger partial charge in [0.05, 0.1) is 6.54 Å². The minimum absolute atomic E-state index is 0.668. The number of thiophene rings is 1. The van der Waals surface area contributed by atoms with Crippen molar-refractivity contribution in [1.82, 2.24) is 15.5 Å². The number of hydrogen-bond acceptors (Lipinski definition) is 4. The molecule has 0 atom stereocenters. The summed E-state index contributed by atoms with van der Waals surface area (Å²) in [5.74, 6) is 1.70. The van der Waals surface area contributed by atoms with E-state index in [9.17, 15) is 0 Å². The highest BCUT2D eigenvalue weighted by Gasteiger charge is 2.05. The number of likely N-dealkylation sites (N-methyl/N-ethyl adjacent to an activating group) is 1. The van der Waals surface area contributed by atoms with Crippen LogP contribution in [0.25, 0.3) is 0 Å². The van der Waals surface area contributed by atoms with E-state index < -0.39 is 0 Å². The molecule has 0 spiro atoms. The lowest BCUT2D eigenvalue weighted by Crippen LogP contribution is -2.36. The first kappa shape index (κ1) is 19.3. The Hall–Kier alpha value is -2.05. The van der Waals surface area contributed by atoms with E-state index in [1.54, 1.807) is 18.4 Å². The van der Waals surface area contributed by atoms with Crippen molar-refractivity contribution in [3.8, 4) is 5.75 Å². The molecule has 0 aliphatic rings. The molecule has 0 saturated carbocycles. The number of aryl methyl sites for hydroxylation is 1. The van der Waals surface area contributed by atoms with E-state index in [0.29, 0.717) is 13.2 Å². The Morgan fingerprint density at radius 1 is 1.12 bits per heavy atom. The van der Waals surface area contributed by atoms with Crippen LogP contribution in [0, 0.1) is 6.92 Å². The predicted molar refractivity (Wildman–Crippen MR) is 107 cm³/mol. The number of guanidine groups is 1. The fraction of sp³-hybridized carbons (Fsp3) is 0.421. The van der Waals surface area contributed by atoms with Crippen LogP contribution in [0.4, 0.5) is 0 Å². The summed E-state index contributed by atoms with van der Waals surface area (Å²) < 4.78 is 5.91. The lowest BCUT2D eigenvalue weighted by molar-refractivity contribution is 0.259. The van der Waals surface area contributed by atoms with E-state index >= 15 is 0 Å². The smallest absolute Gasteiger partial charge is 0.191 e. The van der Waals surface area contributed by atoms with Crippen LogP contribution in [0.5, 0.6) is 5.75 Å². The summed E-state index contributed by atoms with van der Waals surface area (Å²) in [6.07, 6.45) is 0. The predicted octanol–water partition coefficient (Wildman–Crippen LogP) is 2.86. The van der Waals surface area contributed by atoms with Crippen molar-refractivity contribution >= 4 is 17.3 Å². The largest absolute Gasteiger partial charge is 0.492 e. The SMILES string of the molecule is CN=C(NCc1ccc(C)s1)NCc1ccccc1OCCN(C)C. The molecule has 0 amide bonds. The van der Waals surface area contributed by atoms with E-state index in [2.05, 4.69) is 45.6 Å². The summed E-state index contributed by atoms with van der Waals surface area (Å²) in [7, 11) is 5.87. The van der Waals surface area contributed by atoms with Crippen molar-refractivity contribution in [2.75, 3.05) is 34.3 Å². The molecule has 0 aliphatic carbocycles. The van der Waals surface area contributed by atoms with Crippen LogP contribution in [-0.4, -0.2) is 45.2 Å². The van der Waals surface area contributed by atoms with E-state index in [-0.39, 0.29) is 0 Å². The van der Waals surface area contributed by atoms with E-state index in [0.717, 1.165) is 30.4 Å². The first-order chi connectivity index (χ1) is 12.1. The van der Waals surface area contributed by atoms with E-state index in [1.165, 1.54) is 9.75 Å². The average molecular weight is 361 g/mol. The van der Waals surface area contributed by atoms with Crippen LogP contribution in [-0.2, 0) is 13.1 Å². The fourth-order valence-electron chi connectivity index (χ4n) is 2.28. The van der Waals surface area contributed by atoms with Gasteiger partial charge in [-0.05, 0) is 39.2 Å². The molecule has 2 N–H and O–H groups in total. The second kappa shape index (κ2) is 10.1. The summed E-state index contributed by atoms with van der Waals surface area (Å²) in [6, 6.07) is 12.4. The number of nitrogens with zero attached hydrogens (tertiary/aromatic N) is 2. The van der Waals surface area contributed by atoms with Gasteiger partial charge in [0.25, 0.3) is 0 Å². The average Bonchev–Trinajstić information content (AvgIpc) is 3.01. The quantitative estimate of drug-likeness (QED) is 0.561. The third kappa shape index (κ3) is 6.76. The van der Waals surface area contributed by atoms with Crippen LogP contribution in [0.3, 0.4) is 0 Å². The molecule has 6 heteroatoms. The van der Waals surface area contributed by atoms with Gasteiger partial charge in [-0.25, -0.2) is 0 Å². The Bertz CT molecular complexity index is 682. The molecule has 136 valence electrons. The zero-order chi connectivity index (χ0) is 18.1. The van der Waals surface area contributed by atoms with Gasteiger partial charge in [-0.1, -0.05) is 18.2 Å². The fourth-order valence-corrected chi connectivity index (χ4v) is 3.11. The maximum Gasteiger partial charge on any atom is 0.191 e. The molecule has 0 bridgehead atoms. The number of hydrogen-bond donors (Lipinski definition) is 2. The van der Waals surface area contributed by atoms with E-state index in [4.69, 9.17) is 4.74 Å². The van der Waals surface area contributed by atoms with Crippen LogP contribution in [0.2, 0.25) is 0 Å². The first-order valence-electron chi connectivity index (χ1n) is 8.43. The number of para-hydroxylation sites is 1. The Morgan fingerprint density at radius 3 is 2.56 bits per heavy atom. The van der Waals surface area contributed by atoms with Crippen molar-refractivity contribution in [2.45, 2.75) is 20.0 Å². The second-order valence-electron chi connectivity index (χ2n) is 6.05. The topological polar surface area (TPSA) is 48.9 Å². The lowest BCUT2D eigenvalue weighted by Gasteiger charge is -2.16. The number of ether oxygens (including phenoxy) is 1. The summed E-state index contributed by atoms with van der Waals surface area (Å²) in [4.78, 5) is 9.02. The number of nitrogens with one attached hydrogen (secondary N) is 2. The monoisotopic (exact) mass is 360 g/mol. The molecule has 1 aromatic heterocycles. The molecule has 2 aromatic rings.